The van der Waals surface area contributed by atoms with Gasteiger partial charge in [0.1, 0.15) is 0 Å². The molecule has 0 saturated carbocycles. The van der Waals surface area contributed by atoms with Crippen molar-refractivity contribution in [1.82, 2.24) is 0 Å². The average Bonchev–Trinajstić information content (AvgIpc) is 2.31. The van der Waals surface area contributed by atoms with Gasteiger partial charge in [-0.3, -0.25) is 0 Å². The maximum absolute atomic E-state index is 2.41. The van der Waals surface area contributed by atoms with Crippen LogP contribution in [0.2, 0.25) is 0 Å². The molecule has 0 aliphatic heterocycles. The van der Waals surface area contributed by atoms with E-state index in [-0.39, 0.29) is 29.6 Å². The Labute approximate surface area is 133 Å². The van der Waals surface area contributed by atoms with Crippen LogP contribution in [-0.2, 0) is 0 Å². The van der Waals surface area contributed by atoms with Gasteiger partial charge in [-0.15, -0.1) is 0 Å². The maximum Gasteiger partial charge on any atom is 1.00 e. The Balaban J connectivity index is 0. The standard InChI is InChI=1S/C16H33.Na/c1-3-5-7-9-11-13-15-16-14-12-10-8-6-4-2;/h5H,3-4,6-16H2,1-2H3;/q-1;+1. The summed E-state index contributed by atoms with van der Waals surface area (Å²) in [5.74, 6) is 0. The molecular weight excluding hydrogens is 215 g/mol. The SMILES string of the molecule is CC[CH-]CCCCCCCCCCCCC.[Na+]. The van der Waals surface area contributed by atoms with Crippen LogP contribution in [0.5, 0.6) is 0 Å². The Morgan fingerprint density at radius 2 is 1.00 bits per heavy atom. The Bertz CT molecular complexity index is 98.1. The first-order valence-electron chi connectivity index (χ1n) is 7.73. The first kappa shape index (κ1) is 20.3. The van der Waals surface area contributed by atoms with Gasteiger partial charge in [0.25, 0.3) is 0 Å². The minimum atomic E-state index is 0. The summed E-state index contributed by atoms with van der Waals surface area (Å²) in [6, 6.07) is 0. The van der Waals surface area contributed by atoms with Crippen molar-refractivity contribution >= 4 is 0 Å². The molecular formula is C16H33Na. The Morgan fingerprint density at radius 1 is 0.588 bits per heavy atom. The molecule has 0 heterocycles. The fourth-order valence-corrected chi connectivity index (χ4v) is 2.16. The van der Waals surface area contributed by atoms with Gasteiger partial charge in [0.15, 0.2) is 0 Å². The van der Waals surface area contributed by atoms with Crippen LogP contribution in [0.3, 0.4) is 0 Å². The van der Waals surface area contributed by atoms with Gasteiger partial charge in [-0.2, -0.15) is 12.8 Å². The van der Waals surface area contributed by atoms with Crippen LogP contribution in [0.25, 0.3) is 0 Å². The average molecular weight is 248 g/mol. The molecule has 0 aliphatic rings. The zero-order valence-corrected chi connectivity index (χ0v) is 14.8. The van der Waals surface area contributed by atoms with Crippen molar-refractivity contribution in [1.29, 1.82) is 0 Å². The predicted molar refractivity (Wildman–Crippen MR) is 75.7 cm³/mol. The Hall–Kier alpha value is 1.00. The van der Waals surface area contributed by atoms with Crippen molar-refractivity contribution in [2.24, 2.45) is 0 Å². The van der Waals surface area contributed by atoms with Crippen LogP contribution in [0, 0.1) is 6.42 Å². The van der Waals surface area contributed by atoms with Crippen LogP contribution >= 0.6 is 0 Å². The molecule has 0 bridgehead atoms. The third-order valence-corrected chi connectivity index (χ3v) is 3.30. The molecule has 0 atom stereocenters. The summed E-state index contributed by atoms with van der Waals surface area (Å²) in [6.45, 7) is 4.52. The van der Waals surface area contributed by atoms with Gasteiger partial charge in [0.05, 0.1) is 0 Å². The molecule has 1 heteroatoms. The summed E-state index contributed by atoms with van der Waals surface area (Å²) in [6.07, 6.45) is 21.0. The third-order valence-electron chi connectivity index (χ3n) is 3.30. The van der Waals surface area contributed by atoms with E-state index in [1.165, 1.54) is 83.5 Å². The molecule has 0 N–H and O–H groups in total. The van der Waals surface area contributed by atoms with Crippen molar-refractivity contribution in [2.75, 3.05) is 0 Å². The second-order valence-electron chi connectivity index (χ2n) is 5.02. The van der Waals surface area contributed by atoms with E-state index in [0.29, 0.717) is 0 Å². The van der Waals surface area contributed by atoms with Crippen molar-refractivity contribution in [3.8, 4) is 0 Å². The molecule has 0 amide bonds. The van der Waals surface area contributed by atoms with E-state index < -0.39 is 0 Å². The van der Waals surface area contributed by atoms with Crippen molar-refractivity contribution in [3.63, 3.8) is 0 Å². The smallest absolute Gasteiger partial charge is 0.329 e. The van der Waals surface area contributed by atoms with Crippen LogP contribution < -0.4 is 29.6 Å². The number of hydrogen-bond donors (Lipinski definition) is 0. The van der Waals surface area contributed by atoms with Gasteiger partial charge in [-0.1, -0.05) is 84.5 Å². The molecule has 0 aromatic heterocycles. The fourth-order valence-electron chi connectivity index (χ4n) is 2.16. The van der Waals surface area contributed by atoms with Gasteiger partial charge in [-0.05, 0) is 0 Å². The summed E-state index contributed by atoms with van der Waals surface area (Å²) < 4.78 is 0. The number of unbranched alkanes of at least 4 members (excludes halogenated alkanes) is 13. The molecule has 0 aromatic carbocycles. The first-order chi connectivity index (χ1) is 7.91. The van der Waals surface area contributed by atoms with Gasteiger partial charge in [-0.25, -0.2) is 0 Å². The quantitative estimate of drug-likeness (QED) is 0.266. The van der Waals surface area contributed by atoms with Crippen LogP contribution in [-0.4, -0.2) is 0 Å². The molecule has 98 valence electrons. The topological polar surface area (TPSA) is 0 Å². The molecule has 0 unspecified atom stereocenters. The number of rotatable bonds is 13. The molecule has 0 aromatic rings. The van der Waals surface area contributed by atoms with Crippen molar-refractivity contribution in [3.05, 3.63) is 6.42 Å². The van der Waals surface area contributed by atoms with E-state index in [2.05, 4.69) is 20.3 Å². The summed E-state index contributed by atoms with van der Waals surface area (Å²) in [4.78, 5) is 0. The molecule has 0 rings (SSSR count). The van der Waals surface area contributed by atoms with Gasteiger partial charge in [0.2, 0.25) is 0 Å². The summed E-state index contributed by atoms with van der Waals surface area (Å²) >= 11 is 0. The molecule has 0 aliphatic carbocycles. The van der Waals surface area contributed by atoms with E-state index in [0.717, 1.165) is 0 Å². The molecule has 0 nitrogen and oxygen atoms in total. The normalized spacial score (nSPS) is 10.2. The second-order valence-corrected chi connectivity index (χ2v) is 5.02. The molecule has 0 spiro atoms. The number of hydrogen-bond acceptors (Lipinski definition) is 0. The Kier molecular flexibility index (Phi) is 23.1. The summed E-state index contributed by atoms with van der Waals surface area (Å²) in [5, 5.41) is 0. The van der Waals surface area contributed by atoms with E-state index in [4.69, 9.17) is 0 Å². The van der Waals surface area contributed by atoms with Gasteiger partial charge >= 0.3 is 29.6 Å². The van der Waals surface area contributed by atoms with Crippen LogP contribution in [0.4, 0.5) is 0 Å². The summed E-state index contributed by atoms with van der Waals surface area (Å²) in [7, 11) is 0. The van der Waals surface area contributed by atoms with Gasteiger partial charge < -0.3 is 6.42 Å². The van der Waals surface area contributed by atoms with E-state index >= 15 is 0 Å². The monoisotopic (exact) mass is 248 g/mol. The molecule has 0 radical (unpaired) electrons. The largest absolute Gasteiger partial charge is 1.00 e. The fraction of sp³-hybridized carbons (Fsp3) is 0.938. The molecule has 17 heavy (non-hydrogen) atoms. The minimum Gasteiger partial charge on any atom is -0.329 e. The van der Waals surface area contributed by atoms with Gasteiger partial charge in [0, 0.05) is 0 Å². The first-order valence-corrected chi connectivity index (χ1v) is 7.73. The van der Waals surface area contributed by atoms with Crippen LogP contribution in [0.1, 0.15) is 97.3 Å². The minimum absolute atomic E-state index is 0. The second kappa shape index (κ2) is 19.3. The van der Waals surface area contributed by atoms with E-state index in [9.17, 15) is 0 Å². The van der Waals surface area contributed by atoms with E-state index in [1.54, 1.807) is 0 Å². The molecule has 0 fully saturated rings. The summed E-state index contributed by atoms with van der Waals surface area (Å²) in [5.41, 5.74) is 0. The zero-order valence-electron chi connectivity index (χ0n) is 12.8. The predicted octanol–water partition coefficient (Wildman–Crippen LogP) is 3.31. The van der Waals surface area contributed by atoms with Crippen LogP contribution in [0.15, 0.2) is 0 Å². The Morgan fingerprint density at radius 3 is 1.41 bits per heavy atom. The maximum atomic E-state index is 2.41. The molecule has 0 saturated heterocycles. The van der Waals surface area contributed by atoms with E-state index in [1.807, 2.05) is 0 Å². The van der Waals surface area contributed by atoms with Crippen molar-refractivity contribution < 1.29 is 29.6 Å². The third kappa shape index (κ3) is 19.5. The zero-order chi connectivity index (χ0) is 11.9. The van der Waals surface area contributed by atoms with Crippen molar-refractivity contribution in [2.45, 2.75) is 97.3 Å².